The van der Waals surface area contributed by atoms with Crippen molar-refractivity contribution in [3.8, 4) is 5.75 Å². The lowest BCUT2D eigenvalue weighted by Gasteiger charge is -2.10. The van der Waals surface area contributed by atoms with Crippen molar-refractivity contribution >= 4 is 11.8 Å². The monoisotopic (exact) mass is 382 g/mol. The summed E-state index contributed by atoms with van der Waals surface area (Å²) in [4.78, 5) is 32.2. The van der Waals surface area contributed by atoms with Gasteiger partial charge in [0.25, 0.3) is 11.8 Å². The van der Waals surface area contributed by atoms with Crippen LogP contribution in [0.4, 0.5) is 0 Å². The van der Waals surface area contributed by atoms with E-state index in [9.17, 15) is 9.59 Å². The number of hydrogen-bond donors (Lipinski definition) is 2. The molecule has 0 bridgehead atoms. The SMILES string of the molecule is C=C(CCNC(=O)COc1ccc(C)c(C)c1)NC(=O)c1cnc(CC)cn1. The standard InChI is InChI=1S/C21H26N4O3/c1-5-17-11-24-19(12-23-17)21(27)25-16(4)8-9-22-20(26)13-28-18-7-6-14(2)15(3)10-18/h6-7,10-12H,4-5,8-9,13H2,1-3H3,(H,22,26)(H,25,27). The van der Waals surface area contributed by atoms with Crippen LogP contribution in [0.25, 0.3) is 0 Å². The molecule has 0 aliphatic rings. The lowest BCUT2D eigenvalue weighted by molar-refractivity contribution is -0.123. The molecule has 0 spiro atoms. The average Bonchev–Trinajstić information content (AvgIpc) is 2.69. The molecule has 0 unspecified atom stereocenters. The van der Waals surface area contributed by atoms with Crippen LogP contribution in [0.15, 0.2) is 42.9 Å². The van der Waals surface area contributed by atoms with Gasteiger partial charge >= 0.3 is 0 Å². The molecule has 0 saturated carbocycles. The molecule has 28 heavy (non-hydrogen) atoms. The van der Waals surface area contributed by atoms with Gasteiger partial charge in [-0.2, -0.15) is 0 Å². The number of ether oxygens (including phenoxy) is 1. The maximum Gasteiger partial charge on any atom is 0.275 e. The molecule has 0 aliphatic heterocycles. The molecule has 7 heteroatoms. The van der Waals surface area contributed by atoms with E-state index in [4.69, 9.17) is 4.74 Å². The van der Waals surface area contributed by atoms with E-state index in [1.807, 2.05) is 39.0 Å². The van der Waals surface area contributed by atoms with E-state index < -0.39 is 0 Å². The van der Waals surface area contributed by atoms with Crippen molar-refractivity contribution in [2.45, 2.75) is 33.6 Å². The van der Waals surface area contributed by atoms with Crippen LogP contribution in [0.1, 0.15) is 40.7 Å². The quantitative estimate of drug-likeness (QED) is 0.695. The van der Waals surface area contributed by atoms with Crippen molar-refractivity contribution < 1.29 is 14.3 Å². The zero-order chi connectivity index (χ0) is 20.5. The Kier molecular flexibility index (Phi) is 7.68. The van der Waals surface area contributed by atoms with Crippen LogP contribution in [0, 0.1) is 13.8 Å². The predicted molar refractivity (Wildman–Crippen MR) is 107 cm³/mol. The zero-order valence-electron chi connectivity index (χ0n) is 16.5. The van der Waals surface area contributed by atoms with Gasteiger partial charge in [0.15, 0.2) is 6.61 Å². The van der Waals surface area contributed by atoms with Crippen LogP contribution in [0.3, 0.4) is 0 Å². The maximum atomic E-state index is 12.1. The van der Waals surface area contributed by atoms with Gasteiger partial charge in [-0.3, -0.25) is 14.6 Å². The van der Waals surface area contributed by atoms with E-state index in [1.54, 1.807) is 6.20 Å². The smallest absolute Gasteiger partial charge is 0.275 e. The molecule has 2 rings (SSSR count). The van der Waals surface area contributed by atoms with E-state index in [2.05, 4.69) is 27.2 Å². The van der Waals surface area contributed by atoms with E-state index in [0.717, 1.165) is 17.7 Å². The first-order valence-electron chi connectivity index (χ1n) is 9.15. The lowest BCUT2D eigenvalue weighted by atomic mass is 10.1. The van der Waals surface area contributed by atoms with Crippen molar-refractivity contribution in [3.05, 3.63) is 65.4 Å². The van der Waals surface area contributed by atoms with Crippen LogP contribution < -0.4 is 15.4 Å². The molecule has 2 N–H and O–H groups in total. The Morgan fingerprint density at radius 1 is 1.14 bits per heavy atom. The third kappa shape index (κ3) is 6.50. The summed E-state index contributed by atoms with van der Waals surface area (Å²) in [6.45, 7) is 10.0. The van der Waals surface area contributed by atoms with Crippen LogP contribution in [-0.2, 0) is 11.2 Å². The largest absolute Gasteiger partial charge is 0.484 e. The lowest BCUT2D eigenvalue weighted by Crippen LogP contribution is -2.31. The van der Waals surface area contributed by atoms with Gasteiger partial charge < -0.3 is 15.4 Å². The van der Waals surface area contributed by atoms with Crippen molar-refractivity contribution in [2.75, 3.05) is 13.2 Å². The van der Waals surface area contributed by atoms with Crippen molar-refractivity contribution in [2.24, 2.45) is 0 Å². The Bertz CT molecular complexity index is 847. The molecule has 0 atom stereocenters. The molecule has 1 heterocycles. The van der Waals surface area contributed by atoms with Gasteiger partial charge in [-0.05, 0) is 43.5 Å². The van der Waals surface area contributed by atoms with Gasteiger partial charge in [-0.25, -0.2) is 4.98 Å². The maximum absolute atomic E-state index is 12.1. The number of carbonyl (C=O) groups excluding carboxylic acids is 2. The van der Waals surface area contributed by atoms with Crippen molar-refractivity contribution in [1.82, 2.24) is 20.6 Å². The Hall–Kier alpha value is -3.22. The number of nitrogens with zero attached hydrogens (tertiary/aromatic N) is 2. The highest BCUT2D eigenvalue weighted by Crippen LogP contribution is 2.16. The third-order valence-corrected chi connectivity index (χ3v) is 4.19. The third-order valence-electron chi connectivity index (χ3n) is 4.19. The second kappa shape index (κ2) is 10.2. The summed E-state index contributed by atoms with van der Waals surface area (Å²) in [6, 6.07) is 5.69. The number of rotatable bonds is 9. The molecule has 1 aromatic heterocycles. The Labute approximate surface area is 165 Å². The van der Waals surface area contributed by atoms with Crippen molar-refractivity contribution in [3.63, 3.8) is 0 Å². The molecule has 0 radical (unpaired) electrons. The van der Waals surface area contributed by atoms with Gasteiger partial charge in [0.05, 0.1) is 11.9 Å². The number of hydrogen-bond acceptors (Lipinski definition) is 5. The molecule has 148 valence electrons. The fraction of sp³-hybridized carbons (Fsp3) is 0.333. The topological polar surface area (TPSA) is 93.2 Å². The highest BCUT2D eigenvalue weighted by molar-refractivity contribution is 5.93. The summed E-state index contributed by atoms with van der Waals surface area (Å²) in [7, 11) is 0. The number of nitrogens with one attached hydrogen (secondary N) is 2. The Morgan fingerprint density at radius 3 is 2.57 bits per heavy atom. The minimum Gasteiger partial charge on any atom is -0.484 e. The molecule has 7 nitrogen and oxygen atoms in total. The second-order valence-corrected chi connectivity index (χ2v) is 6.44. The highest BCUT2D eigenvalue weighted by Gasteiger charge is 2.09. The van der Waals surface area contributed by atoms with Crippen LogP contribution in [0.2, 0.25) is 0 Å². The van der Waals surface area contributed by atoms with E-state index >= 15 is 0 Å². The van der Waals surface area contributed by atoms with E-state index in [0.29, 0.717) is 24.4 Å². The summed E-state index contributed by atoms with van der Waals surface area (Å²) < 4.78 is 5.48. The highest BCUT2D eigenvalue weighted by atomic mass is 16.5. The van der Waals surface area contributed by atoms with E-state index in [-0.39, 0.29) is 24.1 Å². The number of aromatic nitrogens is 2. The molecule has 1 aromatic carbocycles. The minimum absolute atomic E-state index is 0.0687. The number of aryl methyl sites for hydroxylation is 3. The van der Waals surface area contributed by atoms with Crippen LogP contribution in [-0.4, -0.2) is 34.9 Å². The van der Waals surface area contributed by atoms with Crippen molar-refractivity contribution in [1.29, 1.82) is 0 Å². The fourth-order valence-corrected chi connectivity index (χ4v) is 2.30. The normalized spacial score (nSPS) is 10.2. The first kappa shape index (κ1) is 21.1. The van der Waals surface area contributed by atoms with E-state index in [1.165, 1.54) is 11.8 Å². The zero-order valence-corrected chi connectivity index (χ0v) is 16.5. The summed E-state index contributed by atoms with van der Waals surface area (Å²) in [5.41, 5.74) is 3.82. The van der Waals surface area contributed by atoms with Gasteiger partial charge in [-0.1, -0.05) is 19.6 Å². The van der Waals surface area contributed by atoms with Gasteiger partial charge in [0, 0.05) is 24.9 Å². The molecule has 0 aliphatic carbocycles. The number of benzene rings is 1. The molecular weight excluding hydrogens is 356 g/mol. The summed E-state index contributed by atoms with van der Waals surface area (Å²) in [5.74, 6) is 0.0491. The molecule has 2 aromatic rings. The van der Waals surface area contributed by atoms with Gasteiger partial charge in [-0.15, -0.1) is 0 Å². The molecule has 0 saturated heterocycles. The Balaban J connectivity index is 1.68. The summed E-state index contributed by atoms with van der Waals surface area (Å²) in [5, 5.41) is 5.39. The summed E-state index contributed by atoms with van der Waals surface area (Å²) >= 11 is 0. The van der Waals surface area contributed by atoms with Gasteiger partial charge in [0.1, 0.15) is 11.4 Å². The van der Waals surface area contributed by atoms with Gasteiger partial charge in [0.2, 0.25) is 0 Å². The molecule has 2 amide bonds. The van der Waals surface area contributed by atoms with Crippen LogP contribution in [0.5, 0.6) is 5.75 Å². The molecular formula is C21H26N4O3. The second-order valence-electron chi connectivity index (χ2n) is 6.44. The number of carbonyl (C=O) groups is 2. The fourth-order valence-electron chi connectivity index (χ4n) is 2.30. The first-order valence-corrected chi connectivity index (χ1v) is 9.15. The predicted octanol–water partition coefficient (Wildman–Crippen LogP) is 2.48. The Morgan fingerprint density at radius 2 is 1.93 bits per heavy atom. The first-order chi connectivity index (χ1) is 13.4. The average molecular weight is 382 g/mol. The molecule has 0 fully saturated rings. The summed E-state index contributed by atoms with van der Waals surface area (Å²) in [6.07, 6.45) is 4.18. The van der Waals surface area contributed by atoms with Crippen LogP contribution >= 0.6 is 0 Å². The number of amides is 2. The minimum atomic E-state index is -0.371.